The van der Waals surface area contributed by atoms with Gasteiger partial charge in [0.15, 0.2) is 5.70 Å². The molecule has 6 heteroatoms. The summed E-state index contributed by atoms with van der Waals surface area (Å²) >= 11 is 0. The van der Waals surface area contributed by atoms with E-state index in [1.165, 1.54) is 5.56 Å². The molecule has 4 rings (SSSR count). The van der Waals surface area contributed by atoms with Crippen LogP contribution in [0.4, 0.5) is 5.69 Å². The van der Waals surface area contributed by atoms with Crippen LogP contribution in [0.15, 0.2) is 76.2 Å². The minimum atomic E-state index is -0.446. The molecule has 1 saturated heterocycles. The van der Waals surface area contributed by atoms with Gasteiger partial charge in [-0.25, -0.2) is 9.80 Å². The van der Waals surface area contributed by atoms with Gasteiger partial charge in [-0.1, -0.05) is 61.9 Å². The van der Waals surface area contributed by atoms with Crippen molar-refractivity contribution in [3.05, 3.63) is 77.1 Å². The van der Waals surface area contributed by atoms with Crippen LogP contribution in [0.1, 0.15) is 43.4 Å². The molecule has 0 aliphatic carbocycles. The molecule has 0 saturated carbocycles. The third-order valence-electron chi connectivity index (χ3n) is 4.63. The molecule has 2 heterocycles. The summed E-state index contributed by atoms with van der Waals surface area (Å²) in [6.07, 6.45) is 0.566. The molecule has 1 atom stereocenters. The van der Waals surface area contributed by atoms with Crippen molar-refractivity contribution in [2.24, 2.45) is 10.2 Å². The molecule has 2 aliphatic heterocycles. The smallest absolute Gasteiger partial charge is 0.345 e. The first-order chi connectivity index (χ1) is 12.6. The van der Waals surface area contributed by atoms with Gasteiger partial charge in [0.25, 0.3) is 0 Å². The molecule has 1 fully saturated rings. The first kappa shape index (κ1) is 16.5. The third kappa shape index (κ3) is 2.99. The van der Waals surface area contributed by atoms with E-state index in [9.17, 15) is 4.79 Å². The van der Waals surface area contributed by atoms with Crippen molar-refractivity contribution in [3.63, 3.8) is 0 Å². The number of carbonyl (C=O) groups excluding carboxylic acids is 1. The summed E-state index contributed by atoms with van der Waals surface area (Å²) in [4.78, 5) is 17.2. The molecule has 2 aromatic carbocycles. The summed E-state index contributed by atoms with van der Waals surface area (Å²) in [7, 11) is 0. The number of hydrazine groups is 1. The van der Waals surface area contributed by atoms with Gasteiger partial charge >= 0.3 is 5.97 Å². The zero-order valence-corrected chi connectivity index (χ0v) is 14.7. The average molecular weight is 348 g/mol. The van der Waals surface area contributed by atoms with Crippen molar-refractivity contribution < 1.29 is 9.63 Å². The van der Waals surface area contributed by atoms with Gasteiger partial charge in [-0.2, -0.15) is 10.2 Å². The Labute approximate surface area is 152 Å². The number of carbonyl (C=O) groups is 1. The predicted octanol–water partition coefficient (Wildman–Crippen LogP) is 4.40. The Bertz CT molecular complexity index is 872. The fourth-order valence-electron chi connectivity index (χ4n) is 3.11. The van der Waals surface area contributed by atoms with Gasteiger partial charge in [-0.3, -0.25) is 0 Å². The highest BCUT2D eigenvalue weighted by molar-refractivity contribution is 5.95. The normalized spacial score (nSPS) is 22.3. The maximum Gasteiger partial charge on any atom is 0.378 e. The van der Waals surface area contributed by atoms with E-state index in [1.54, 1.807) is 5.01 Å². The second kappa shape index (κ2) is 6.72. The summed E-state index contributed by atoms with van der Waals surface area (Å²) in [6.45, 7) is 4.34. The molecule has 0 aromatic heterocycles. The van der Waals surface area contributed by atoms with Crippen LogP contribution >= 0.6 is 0 Å². The maximum absolute atomic E-state index is 12.2. The number of nitrogens with zero attached hydrogens (tertiary/aromatic N) is 3. The van der Waals surface area contributed by atoms with E-state index in [1.807, 2.05) is 30.3 Å². The highest BCUT2D eigenvalue weighted by atomic mass is 16.7. The van der Waals surface area contributed by atoms with Crippen LogP contribution in [-0.2, 0) is 9.63 Å². The average Bonchev–Trinajstić information content (AvgIpc) is 3.29. The highest BCUT2D eigenvalue weighted by Gasteiger charge is 2.35. The van der Waals surface area contributed by atoms with Crippen LogP contribution in [0.25, 0.3) is 0 Å². The van der Waals surface area contributed by atoms with E-state index < -0.39 is 5.97 Å². The summed E-state index contributed by atoms with van der Waals surface area (Å²) in [5.74, 6) is 0.0457. The zero-order chi connectivity index (χ0) is 18.1. The number of nitrogens with one attached hydrogen (secondary N) is 1. The van der Waals surface area contributed by atoms with Gasteiger partial charge in [0, 0.05) is 6.42 Å². The van der Waals surface area contributed by atoms with Crippen molar-refractivity contribution in [2.45, 2.75) is 32.2 Å². The summed E-state index contributed by atoms with van der Waals surface area (Å²) < 4.78 is 0. The molecule has 0 radical (unpaired) electrons. The second-order valence-electron chi connectivity index (χ2n) is 6.70. The first-order valence-corrected chi connectivity index (χ1v) is 8.69. The molecule has 1 unspecified atom stereocenters. The molecule has 6 nitrogen and oxygen atoms in total. The largest absolute Gasteiger partial charge is 0.378 e. The molecule has 0 spiro atoms. The van der Waals surface area contributed by atoms with Crippen molar-refractivity contribution in [3.8, 4) is 0 Å². The molecular formula is C20H20N4O2. The minimum absolute atomic E-state index is 0.0789. The molecule has 1 N–H and O–H groups in total. The standard InChI is InChI=1S/C20H20N4O2/c1-13(2)14-8-10-15(11-9-14)17-12-18(22-21-17)19-20(25)26-23-24(19)16-6-4-3-5-7-16/h3-11,13,17,23H,12H2,1-2H3/b19-18-. The fourth-order valence-corrected chi connectivity index (χ4v) is 3.11. The Hall–Kier alpha value is -2.99. The second-order valence-corrected chi connectivity index (χ2v) is 6.70. The van der Waals surface area contributed by atoms with Crippen molar-refractivity contribution >= 4 is 11.7 Å². The van der Waals surface area contributed by atoms with Crippen LogP contribution in [0.2, 0.25) is 0 Å². The number of rotatable bonds is 3. The summed E-state index contributed by atoms with van der Waals surface area (Å²) in [6, 6.07) is 17.9. The van der Waals surface area contributed by atoms with Crippen molar-refractivity contribution in [2.75, 3.05) is 5.01 Å². The Morgan fingerprint density at radius 1 is 1.12 bits per heavy atom. The van der Waals surface area contributed by atoms with Crippen molar-refractivity contribution in [1.29, 1.82) is 0 Å². The van der Waals surface area contributed by atoms with E-state index in [0.29, 0.717) is 23.7 Å². The lowest BCUT2D eigenvalue weighted by molar-refractivity contribution is -0.140. The molecule has 0 amide bonds. The topological polar surface area (TPSA) is 66.3 Å². The molecular weight excluding hydrogens is 328 g/mol. The van der Waals surface area contributed by atoms with Gasteiger partial charge in [-0.05, 0) is 29.2 Å². The molecule has 0 bridgehead atoms. The summed E-state index contributed by atoms with van der Waals surface area (Å²) in [5.41, 5.74) is 6.86. The van der Waals surface area contributed by atoms with Gasteiger partial charge in [0.1, 0.15) is 6.04 Å². The van der Waals surface area contributed by atoms with Gasteiger partial charge in [0.05, 0.1) is 11.4 Å². The van der Waals surface area contributed by atoms with E-state index in [2.05, 4.69) is 53.9 Å². The predicted molar refractivity (Wildman–Crippen MR) is 97.9 cm³/mol. The number of para-hydroxylation sites is 1. The van der Waals surface area contributed by atoms with Crippen LogP contribution in [0, 0.1) is 0 Å². The Balaban J connectivity index is 1.60. The van der Waals surface area contributed by atoms with E-state index in [0.717, 1.165) is 11.3 Å². The number of hydrogen-bond acceptors (Lipinski definition) is 6. The number of azo groups is 1. The molecule has 2 aromatic rings. The number of anilines is 1. The van der Waals surface area contributed by atoms with E-state index >= 15 is 0 Å². The van der Waals surface area contributed by atoms with Crippen molar-refractivity contribution in [1.82, 2.24) is 5.59 Å². The van der Waals surface area contributed by atoms with Crippen LogP contribution < -0.4 is 10.6 Å². The van der Waals surface area contributed by atoms with Gasteiger partial charge < -0.3 is 4.84 Å². The molecule has 2 aliphatic rings. The number of hydrogen-bond donors (Lipinski definition) is 1. The quantitative estimate of drug-likeness (QED) is 0.835. The lowest BCUT2D eigenvalue weighted by Gasteiger charge is -2.16. The minimum Gasteiger partial charge on any atom is -0.345 e. The lowest BCUT2D eigenvalue weighted by Crippen LogP contribution is -2.29. The van der Waals surface area contributed by atoms with Gasteiger partial charge in [-0.15, -0.1) is 0 Å². The maximum atomic E-state index is 12.2. The molecule has 132 valence electrons. The third-order valence-corrected chi connectivity index (χ3v) is 4.63. The van der Waals surface area contributed by atoms with Crippen LogP contribution in [-0.4, -0.2) is 5.97 Å². The first-order valence-electron chi connectivity index (χ1n) is 8.69. The van der Waals surface area contributed by atoms with Crippen LogP contribution in [0.3, 0.4) is 0 Å². The Morgan fingerprint density at radius 3 is 2.54 bits per heavy atom. The summed E-state index contributed by atoms with van der Waals surface area (Å²) in [5, 5.41) is 10.3. The Morgan fingerprint density at radius 2 is 1.85 bits per heavy atom. The Kier molecular flexibility index (Phi) is 4.26. The SMILES string of the molecule is CC(C)c1ccc(C2C/C(=C3\C(=O)ONN3c3ccccc3)N=N2)cc1. The monoisotopic (exact) mass is 348 g/mol. The van der Waals surface area contributed by atoms with E-state index in [-0.39, 0.29) is 6.04 Å². The number of benzene rings is 2. The lowest BCUT2D eigenvalue weighted by atomic mass is 9.97. The van der Waals surface area contributed by atoms with Crippen LogP contribution in [0.5, 0.6) is 0 Å². The zero-order valence-electron chi connectivity index (χ0n) is 14.7. The highest BCUT2D eigenvalue weighted by Crippen LogP contribution is 2.37. The van der Waals surface area contributed by atoms with Gasteiger partial charge in [0.2, 0.25) is 0 Å². The van der Waals surface area contributed by atoms with E-state index in [4.69, 9.17) is 4.84 Å². The molecule has 26 heavy (non-hydrogen) atoms. The fraction of sp³-hybridized carbons (Fsp3) is 0.250.